The van der Waals surface area contributed by atoms with E-state index in [0.29, 0.717) is 5.75 Å². The number of nitrogen functional groups attached to an aromatic ring is 1. The number of hydrogen-bond donors (Lipinski definition) is 2. The fourth-order valence-corrected chi connectivity index (χ4v) is 3.53. The molecule has 0 spiro atoms. The van der Waals surface area contributed by atoms with Crippen molar-refractivity contribution in [2.45, 2.75) is 38.3 Å². The Kier molecular flexibility index (Phi) is 4.13. The van der Waals surface area contributed by atoms with Crippen LogP contribution in [0.15, 0.2) is 18.2 Å². The molecule has 1 aromatic rings. The first-order chi connectivity index (χ1) is 9.72. The maximum absolute atomic E-state index is 9.90. The van der Waals surface area contributed by atoms with Gasteiger partial charge in [-0.1, -0.05) is 12.8 Å². The zero-order valence-electron chi connectivity index (χ0n) is 12.1. The first kappa shape index (κ1) is 13.7. The van der Waals surface area contributed by atoms with Gasteiger partial charge in [-0.15, -0.1) is 0 Å². The molecule has 110 valence electrons. The summed E-state index contributed by atoms with van der Waals surface area (Å²) in [6, 6.07) is 6.16. The second-order valence-corrected chi connectivity index (χ2v) is 6.14. The van der Waals surface area contributed by atoms with E-state index >= 15 is 0 Å². The molecule has 1 saturated carbocycles. The van der Waals surface area contributed by atoms with E-state index in [1.54, 1.807) is 12.1 Å². The number of rotatable bonds is 3. The zero-order chi connectivity index (χ0) is 13.9. The van der Waals surface area contributed by atoms with Gasteiger partial charge in [0.05, 0.1) is 0 Å². The maximum Gasteiger partial charge on any atom is 0.120 e. The molecule has 20 heavy (non-hydrogen) atoms. The highest BCUT2D eigenvalue weighted by Crippen LogP contribution is 2.26. The van der Waals surface area contributed by atoms with Gasteiger partial charge in [0.25, 0.3) is 0 Å². The van der Waals surface area contributed by atoms with Crippen molar-refractivity contribution in [3.05, 3.63) is 23.8 Å². The van der Waals surface area contributed by atoms with E-state index in [-0.39, 0.29) is 0 Å². The highest BCUT2D eigenvalue weighted by atomic mass is 16.3. The van der Waals surface area contributed by atoms with Gasteiger partial charge in [-0.25, -0.2) is 0 Å². The van der Waals surface area contributed by atoms with Gasteiger partial charge in [0.15, 0.2) is 0 Å². The smallest absolute Gasteiger partial charge is 0.120 e. The fourth-order valence-electron chi connectivity index (χ4n) is 3.53. The number of phenolic OH excluding ortho intramolecular Hbond substituents is 1. The molecule has 1 aromatic carbocycles. The van der Waals surface area contributed by atoms with Crippen molar-refractivity contribution < 1.29 is 5.11 Å². The molecule has 1 heterocycles. The third-order valence-corrected chi connectivity index (χ3v) is 4.75. The highest BCUT2D eigenvalue weighted by Gasteiger charge is 2.26. The summed E-state index contributed by atoms with van der Waals surface area (Å²) >= 11 is 0. The molecule has 1 aliphatic heterocycles. The summed E-state index contributed by atoms with van der Waals surface area (Å²) in [5.74, 6) is 0.359. The molecular weight excluding hydrogens is 250 g/mol. The predicted octanol–water partition coefficient (Wildman–Crippen LogP) is 2.03. The lowest BCUT2D eigenvalue weighted by Gasteiger charge is -2.38. The number of aromatic hydroxyl groups is 1. The van der Waals surface area contributed by atoms with Crippen LogP contribution in [0.1, 0.15) is 31.2 Å². The van der Waals surface area contributed by atoms with Crippen molar-refractivity contribution >= 4 is 5.69 Å². The Morgan fingerprint density at radius 1 is 1.10 bits per heavy atom. The van der Waals surface area contributed by atoms with Gasteiger partial charge in [0.1, 0.15) is 5.75 Å². The summed E-state index contributed by atoms with van der Waals surface area (Å²) in [4.78, 5) is 5.07. The molecule has 0 bridgehead atoms. The van der Waals surface area contributed by atoms with Gasteiger partial charge in [-0.2, -0.15) is 0 Å². The highest BCUT2D eigenvalue weighted by molar-refractivity contribution is 5.47. The van der Waals surface area contributed by atoms with Crippen LogP contribution in [0, 0.1) is 0 Å². The van der Waals surface area contributed by atoms with E-state index in [2.05, 4.69) is 9.80 Å². The Morgan fingerprint density at radius 2 is 1.80 bits per heavy atom. The molecule has 2 fully saturated rings. The van der Waals surface area contributed by atoms with Crippen LogP contribution in [0.25, 0.3) is 0 Å². The van der Waals surface area contributed by atoms with Crippen molar-refractivity contribution in [2.24, 2.45) is 0 Å². The second-order valence-electron chi connectivity index (χ2n) is 6.14. The van der Waals surface area contributed by atoms with Gasteiger partial charge in [-0.05, 0) is 31.0 Å². The Labute approximate surface area is 121 Å². The molecule has 0 unspecified atom stereocenters. The van der Waals surface area contributed by atoms with Crippen molar-refractivity contribution in [2.75, 3.05) is 31.9 Å². The topological polar surface area (TPSA) is 52.7 Å². The van der Waals surface area contributed by atoms with Crippen LogP contribution in [0.4, 0.5) is 5.69 Å². The minimum Gasteiger partial charge on any atom is -0.508 e. The molecule has 0 atom stereocenters. The molecule has 3 rings (SSSR count). The molecular formula is C16H25N3O. The largest absolute Gasteiger partial charge is 0.508 e. The Bertz CT molecular complexity index is 449. The lowest BCUT2D eigenvalue weighted by atomic mass is 10.1. The van der Waals surface area contributed by atoms with Crippen LogP contribution in [-0.4, -0.2) is 47.1 Å². The van der Waals surface area contributed by atoms with Gasteiger partial charge in [0.2, 0.25) is 0 Å². The summed E-state index contributed by atoms with van der Waals surface area (Å²) in [5, 5.41) is 9.90. The van der Waals surface area contributed by atoms with Crippen molar-refractivity contribution in [1.29, 1.82) is 0 Å². The van der Waals surface area contributed by atoms with Crippen LogP contribution < -0.4 is 5.73 Å². The minimum atomic E-state index is 0.359. The number of nitrogens with two attached hydrogens (primary N) is 1. The van der Waals surface area contributed by atoms with Gasteiger partial charge < -0.3 is 10.8 Å². The Hall–Kier alpha value is -1.26. The molecule has 0 radical (unpaired) electrons. The maximum atomic E-state index is 9.90. The molecule has 4 nitrogen and oxygen atoms in total. The molecule has 4 heteroatoms. The van der Waals surface area contributed by atoms with Gasteiger partial charge in [0, 0.05) is 50.0 Å². The van der Waals surface area contributed by atoms with E-state index in [9.17, 15) is 5.11 Å². The van der Waals surface area contributed by atoms with Crippen LogP contribution in [0.3, 0.4) is 0 Å². The summed E-state index contributed by atoms with van der Waals surface area (Å²) < 4.78 is 0. The number of nitrogens with zero attached hydrogens (tertiary/aromatic N) is 2. The third kappa shape index (κ3) is 3.07. The van der Waals surface area contributed by atoms with E-state index in [1.807, 2.05) is 6.07 Å². The number of benzene rings is 1. The summed E-state index contributed by atoms with van der Waals surface area (Å²) in [6.07, 6.45) is 5.58. The molecule has 3 N–H and O–H groups in total. The predicted molar refractivity (Wildman–Crippen MR) is 81.6 cm³/mol. The lowest BCUT2D eigenvalue weighted by molar-refractivity contribution is 0.0932. The number of anilines is 1. The molecule has 0 amide bonds. The van der Waals surface area contributed by atoms with Gasteiger partial charge in [-0.3, -0.25) is 9.80 Å². The SMILES string of the molecule is Nc1ccc(O)c(CN2CCN(C3CCCC3)CC2)c1. The first-order valence-corrected chi connectivity index (χ1v) is 7.76. The van der Waals surface area contributed by atoms with Crippen LogP contribution in [0.2, 0.25) is 0 Å². The monoisotopic (exact) mass is 275 g/mol. The molecule has 1 aliphatic carbocycles. The normalized spacial score (nSPS) is 22.4. The molecule has 0 aromatic heterocycles. The van der Waals surface area contributed by atoms with Crippen LogP contribution in [-0.2, 0) is 6.54 Å². The van der Waals surface area contributed by atoms with Crippen molar-refractivity contribution in [3.8, 4) is 5.75 Å². The number of phenols is 1. The molecule has 1 saturated heterocycles. The van der Waals surface area contributed by atoms with Crippen LogP contribution >= 0.6 is 0 Å². The Morgan fingerprint density at radius 3 is 2.50 bits per heavy atom. The first-order valence-electron chi connectivity index (χ1n) is 7.76. The summed E-state index contributed by atoms with van der Waals surface area (Å²) in [6.45, 7) is 5.30. The van der Waals surface area contributed by atoms with E-state index in [4.69, 9.17) is 5.73 Å². The minimum absolute atomic E-state index is 0.359. The van der Waals surface area contributed by atoms with E-state index in [1.165, 1.54) is 25.7 Å². The third-order valence-electron chi connectivity index (χ3n) is 4.75. The van der Waals surface area contributed by atoms with Crippen LogP contribution in [0.5, 0.6) is 5.75 Å². The van der Waals surface area contributed by atoms with Crippen molar-refractivity contribution in [1.82, 2.24) is 9.80 Å². The summed E-state index contributed by atoms with van der Waals surface area (Å²) in [7, 11) is 0. The average Bonchev–Trinajstić information content (AvgIpc) is 2.98. The number of piperazine rings is 1. The fraction of sp³-hybridized carbons (Fsp3) is 0.625. The van der Waals surface area contributed by atoms with Gasteiger partial charge >= 0.3 is 0 Å². The molecule has 2 aliphatic rings. The Balaban J connectivity index is 1.54. The van der Waals surface area contributed by atoms with Crippen molar-refractivity contribution in [3.63, 3.8) is 0 Å². The zero-order valence-corrected chi connectivity index (χ0v) is 12.1. The second kappa shape index (κ2) is 6.02. The average molecular weight is 275 g/mol. The standard InChI is InChI=1S/C16H25N3O/c17-14-5-6-16(20)13(11-14)12-18-7-9-19(10-8-18)15-3-1-2-4-15/h5-6,11,15,20H,1-4,7-10,12,17H2. The lowest BCUT2D eigenvalue weighted by Crippen LogP contribution is -2.49. The number of hydrogen-bond acceptors (Lipinski definition) is 4. The summed E-state index contributed by atoms with van der Waals surface area (Å²) in [5.41, 5.74) is 7.47. The van der Waals surface area contributed by atoms with E-state index < -0.39 is 0 Å². The van der Waals surface area contributed by atoms with E-state index in [0.717, 1.165) is 50.0 Å². The quantitative estimate of drug-likeness (QED) is 0.655.